The van der Waals surface area contributed by atoms with Gasteiger partial charge in [-0.15, -0.1) is 0 Å². The van der Waals surface area contributed by atoms with Crippen molar-refractivity contribution in [3.05, 3.63) is 65.4 Å². The summed E-state index contributed by atoms with van der Waals surface area (Å²) in [6, 6.07) is 14.9. The smallest absolute Gasteiger partial charge is 0.277 e. The largest absolute Gasteiger partial charge is 0.497 e. The molecule has 3 aromatic rings. The van der Waals surface area contributed by atoms with Crippen molar-refractivity contribution in [3.8, 4) is 17.1 Å². The average molecular weight is 322 g/mol. The number of aromatic nitrogens is 1. The van der Waals surface area contributed by atoms with Gasteiger partial charge in [0.2, 0.25) is 0 Å². The summed E-state index contributed by atoms with van der Waals surface area (Å²) >= 11 is 0. The zero-order valence-corrected chi connectivity index (χ0v) is 13.8. The monoisotopic (exact) mass is 322 g/mol. The fourth-order valence-corrected chi connectivity index (χ4v) is 2.46. The third-order valence-corrected chi connectivity index (χ3v) is 3.84. The Balaban J connectivity index is 1.80. The van der Waals surface area contributed by atoms with Gasteiger partial charge in [-0.25, -0.2) is 0 Å². The van der Waals surface area contributed by atoms with Crippen LogP contribution in [0.1, 0.15) is 21.6 Å². The van der Waals surface area contributed by atoms with Gasteiger partial charge in [0.05, 0.1) is 7.11 Å². The van der Waals surface area contributed by atoms with Gasteiger partial charge in [0, 0.05) is 17.3 Å². The molecular formula is C19H18N2O3. The highest BCUT2D eigenvalue weighted by molar-refractivity contribution is 6.04. The van der Waals surface area contributed by atoms with E-state index in [1.807, 2.05) is 56.3 Å². The number of rotatable bonds is 4. The second-order valence-corrected chi connectivity index (χ2v) is 5.53. The first kappa shape index (κ1) is 15.8. The molecule has 0 bridgehead atoms. The number of anilines is 1. The van der Waals surface area contributed by atoms with Gasteiger partial charge >= 0.3 is 0 Å². The van der Waals surface area contributed by atoms with Crippen LogP contribution in [0.2, 0.25) is 0 Å². The summed E-state index contributed by atoms with van der Waals surface area (Å²) in [7, 11) is 1.61. The molecule has 122 valence electrons. The Morgan fingerprint density at radius 3 is 2.38 bits per heavy atom. The third-order valence-electron chi connectivity index (χ3n) is 3.84. The van der Waals surface area contributed by atoms with Gasteiger partial charge in [0.1, 0.15) is 5.75 Å². The zero-order chi connectivity index (χ0) is 17.1. The molecule has 0 saturated heterocycles. The minimum atomic E-state index is -0.295. The Bertz CT molecular complexity index is 846. The number of aryl methyl sites for hydroxylation is 2. The maximum absolute atomic E-state index is 12.4. The van der Waals surface area contributed by atoms with Crippen molar-refractivity contribution in [2.75, 3.05) is 12.4 Å². The maximum Gasteiger partial charge on any atom is 0.277 e. The molecule has 0 atom stereocenters. The predicted molar refractivity (Wildman–Crippen MR) is 92.4 cm³/mol. The van der Waals surface area contributed by atoms with Gasteiger partial charge in [0.25, 0.3) is 5.91 Å². The van der Waals surface area contributed by atoms with Crippen LogP contribution in [0.15, 0.2) is 53.1 Å². The number of methoxy groups -OCH3 is 1. The molecule has 0 saturated carbocycles. The van der Waals surface area contributed by atoms with Crippen LogP contribution in [0.25, 0.3) is 11.3 Å². The van der Waals surface area contributed by atoms with Crippen molar-refractivity contribution >= 4 is 11.6 Å². The average Bonchev–Trinajstić information content (AvgIpc) is 3.08. The van der Waals surface area contributed by atoms with Crippen molar-refractivity contribution in [3.63, 3.8) is 0 Å². The molecule has 2 aromatic carbocycles. The van der Waals surface area contributed by atoms with Crippen LogP contribution >= 0.6 is 0 Å². The van der Waals surface area contributed by atoms with Crippen molar-refractivity contribution in [1.29, 1.82) is 0 Å². The van der Waals surface area contributed by atoms with Crippen molar-refractivity contribution in [2.45, 2.75) is 13.8 Å². The van der Waals surface area contributed by atoms with Gasteiger partial charge < -0.3 is 14.6 Å². The molecule has 0 aliphatic rings. The van der Waals surface area contributed by atoms with Crippen LogP contribution in [0.4, 0.5) is 5.69 Å². The summed E-state index contributed by atoms with van der Waals surface area (Å²) in [6.07, 6.45) is 0. The highest BCUT2D eigenvalue weighted by Gasteiger charge is 2.15. The van der Waals surface area contributed by atoms with Crippen LogP contribution in [0.3, 0.4) is 0 Å². The zero-order valence-electron chi connectivity index (χ0n) is 13.8. The molecule has 24 heavy (non-hydrogen) atoms. The molecule has 3 rings (SSSR count). The number of nitrogens with zero attached hydrogens (tertiary/aromatic N) is 1. The first-order valence-corrected chi connectivity index (χ1v) is 7.57. The second-order valence-electron chi connectivity index (χ2n) is 5.53. The van der Waals surface area contributed by atoms with Crippen LogP contribution in [-0.4, -0.2) is 18.2 Å². The molecule has 1 amide bonds. The number of nitrogens with one attached hydrogen (secondary N) is 1. The lowest BCUT2D eigenvalue weighted by atomic mass is 10.1. The first-order valence-electron chi connectivity index (χ1n) is 7.57. The minimum Gasteiger partial charge on any atom is -0.497 e. The number of carbonyl (C=O) groups is 1. The number of carbonyl (C=O) groups excluding carboxylic acids is 1. The summed E-state index contributed by atoms with van der Waals surface area (Å²) in [5, 5.41) is 6.77. The third kappa shape index (κ3) is 3.15. The number of benzene rings is 2. The summed E-state index contributed by atoms with van der Waals surface area (Å²) in [5.41, 5.74) is 3.87. The van der Waals surface area contributed by atoms with Crippen molar-refractivity contribution < 1.29 is 14.1 Å². The molecule has 0 aliphatic carbocycles. The number of hydrogen-bond donors (Lipinski definition) is 1. The molecule has 1 N–H and O–H groups in total. The fraction of sp³-hybridized carbons (Fsp3) is 0.158. The lowest BCUT2D eigenvalue weighted by molar-refractivity contribution is 0.101. The summed E-state index contributed by atoms with van der Waals surface area (Å²) in [5.74, 6) is 0.992. The van der Waals surface area contributed by atoms with Gasteiger partial charge in [-0.3, -0.25) is 4.79 Å². The summed E-state index contributed by atoms with van der Waals surface area (Å²) in [4.78, 5) is 12.4. The Hall–Kier alpha value is -3.08. The number of amides is 1. The minimum absolute atomic E-state index is 0.239. The summed E-state index contributed by atoms with van der Waals surface area (Å²) < 4.78 is 10.4. The molecule has 0 aliphatic heterocycles. The lowest BCUT2D eigenvalue weighted by Crippen LogP contribution is -2.14. The van der Waals surface area contributed by atoms with Gasteiger partial charge in [-0.05, 0) is 49.2 Å². The molecule has 1 aromatic heterocycles. The van der Waals surface area contributed by atoms with Crippen LogP contribution in [0, 0.1) is 13.8 Å². The molecule has 5 nitrogen and oxygen atoms in total. The van der Waals surface area contributed by atoms with E-state index in [2.05, 4.69) is 10.5 Å². The van der Waals surface area contributed by atoms with Crippen LogP contribution < -0.4 is 10.1 Å². The highest BCUT2D eigenvalue weighted by Crippen LogP contribution is 2.24. The standard InChI is InChI=1S/C19H18N2O3/c1-12-5-4-6-13(2)18(12)20-19(22)16-11-17(24-21-16)14-7-9-15(23-3)10-8-14/h4-11H,1-3H3,(H,20,22). The van der Waals surface area contributed by atoms with E-state index in [1.54, 1.807) is 13.2 Å². The molecule has 5 heteroatoms. The maximum atomic E-state index is 12.4. The van der Waals surface area contributed by atoms with E-state index in [1.165, 1.54) is 0 Å². The topological polar surface area (TPSA) is 64.4 Å². The van der Waals surface area contributed by atoms with Crippen molar-refractivity contribution in [2.24, 2.45) is 0 Å². The predicted octanol–water partition coefficient (Wildman–Crippen LogP) is 4.22. The highest BCUT2D eigenvalue weighted by atomic mass is 16.5. The van der Waals surface area contributed by atoms with E-state index in [-0.39, 0.29) is 11.6 Å². The van der Waals surface area contributed by atoms with E-state index in [4.69, 9.17) is 9.26 Å². The molecule has 0 radical (unpaired) electrons. The molecule has 0 fully saturated rings. The Labute approximate surface area is 140 Å². The number of ether oxygens (including phenoxy) is 1. The lowest BCUT2D eigenvalue weighted by Gasteiger charge is -2.09. The van der Waals surface area contributed by atoms with Gasteiger partial charge in [-0.2, -0.15) is 0 Å². The van der Waals surface area contributed by atoms with E-state index >= 15 is 0 Å². The van der Waals surface area contributed by atoms with E-state index < -0.39 is 0 Å². The van der Waals surface area contributed by atoms with Crippen LogP contribution in [0.5, 0.6) is 5.75 Å². The first-order chi connectivity index (χ1) is 11.6. The Morgan fingerprint density at radius 1 is 1.08 bits per heavy atom. The molecule has 1 heterocycles. The number of hydrogen-bond acceptors (Lipinski definition) is 4. The fourth-order valence-electron chi connectivity index (χ4n) is 2.46. The Morgan fingerprint density at radius 2 is 1.75 bits per heavy atom. The van der Waals surface area contributed by atoms with E-state index in [9.17, 15) is 4.79 Å². The van der Waals surface area contributed by atoms with E-state index in [0.29, 0.717) is 5.76 Å². The Kier molecular flexibility index (Phi) is 4.33. The summed E-state index contributed by atoms with van der Waals surface area (Å²) in [6.45, 7) is 3.91. The quantitative estimate of drug-likeness (QED) is 0.781. The SMILES string of the molecule is COc1ccc(-c2cc(C(=O)Nc3c(C)cccc3C)no2)cc1. The molecule has 0 spiro atoms. The number of para-hydroxylation sites is 1. The van der Waals surface area contributed by atoms with Crippen molar-refractivity contribution in [1.82, 2.24) is 5.16 Å². The van der Waals surface area contributed by atoms with E-state index in [0.717, 1.165) is 28.1 Å². The van der Waals surface area contributed by atoms with Gasteiger partial charge in [-0.1, -0.05) is 23.4 Å². The normalized spacial score (nSPS) is 10.5. The van der Waals surface area contributed by atoms with Gasteiger partial charge in [0.15, 0.2) is 11.5 Å². The van der Waals surface area contributed by atoms with Crippen LogP contribution in [-0.2, 0) is 0 Å². The molecular weight excluding hydrogens is 304 g/mol. The molecule has 0 unspecified atom stereocenters. The second kappa shape index (κ2) is 6.58.